The maximum absolute atomic E-state index is 12.6. The van der Waals surface area contributed by atoms with Gasteiger partial charge in [-0.1, -0.05) is 31.1 Å². The van der Waals surface area contributed by atoms with Gasteiger partial charge < -0.3 is 4.52 Å². The lowest BCUT2D eigenvalue weighted by Crippen LogP contribution is -2.35. The van der Waals surface area contributed by atoms with Gasteiger partial charge in [0.05, 0.1) is 11.1 Å². The van der Waals surface area contributed by atoms with E-state index in [1.54, 1.807) is 31.2 Å². The van der Waals surface area contributed by atoms with E-state index < -0.39 is 6.04 Å². The van der Waals surface area contributed by atoms with Gasteiger partial charge in [0.15, 0.2) is 5.82 Å². The van der Waals surface area contributed by atoms with Crippen LogP contribution in [0.3, 0.4) is 0 Å². The first kappa shape index (κ1) is 14.4. The average Bonchev–Trinajstić information content (AvgIpc) is 3.01. The van der Waals surface area contributed by atoms with Gasteiger partial charge in [-0.3, -0.25) is 14.5 Å². The van der Waals surface area contributed by atoms with Crippen LogP contribution in [0.4, 0.5) is 0 Å². The molecule has 1 aliphatic rings. The molecule has 0 bridgehead atoms. The lowest BCUT2D eigenvalue weighted by Gasteiger charge is -2.24. The van der Waals surface area contributed by atoms with Gasteiger partial charge in [-0.05, 0) is 31.4 Å². The third-order valence-corrected chi connectivity index (χ3v) is 3.66. The highest BCUT2D eigenvalue weighted by molar-refractivity contribution is 6.21. The van der Waals surface area contributed by atoms with Crippen molar-refractivity contribution in [2.24, 2.45) is 5.92 Å². The molecule has 114 valence electrons. The van der Waals surface area contributed by atoms with Crippen molar-refractivity contribution in [2.45, 2.75) is 33.2 Å². The van der Waals surface area contributed by atoms with E-state index in [1.807, 2.05) is 13.8 Å². The first-order valence-corrected chi connectivity index (χ1v) is 7.26. The Morgan fingerprint density at radius 2 is 1.73 bits per heavy atom. The van der Waals surface area contributed by atoms with E-state index in [-0.39, 0.29) is 17.7 Å². The Morgan fingerprint density at radius 1 is 1.14 bits per heavy atom. The zero-order chi connectivity index (χ0) is 15.9. The SMILES string of the molecule is Cc1noc(C(CC(C)C)N2C(=O)c3ccccc3C2=O)n1. The van der Waals surface area contributed by atoms with Crippen LogP contribution in [0.15, 0.2) is 28.8 Å². The summed E-state index contributed by atoms with van der Waals surface area (Å²) in [4.78, 5) is 30.7. The van der Waals surface area contributed by atoms with Crippen LogP contribution in [0.5, 0.6) is 0 Å². The van der Waals surface area contributed by atoms with Crippen LogP contribution in [0.2, 0.25) is 0 Å². The fourth-order valence-electron chi connectivity index (χ4n) is 2.70. The number of carbonyl (C=O) groups is 2. The van der Waals surface area contributed by atoms with E-state index in [9.17, 15) is 9.59 Å². The monoisotopic (exact) mass is 299 g/mol. The molecule has 2 heterocycles. The van der Waals surface area contributed by atoms with E-state index in [0.29, 0.717) is 29.3 Å². The summed E-state index contributed by atoms with van der Waals surface area (Å²) in [6.07, 6.45) is 0.576. The summed E-state index contributed by atoms with van der Waals surface area (Å²) in [6.45, 7) is 5.75. The van der Waals surface area contributed by atoms with Crippen molar-refractivity contribution < 1.29 is 14.1 Å². The largest absolute Gasteiger partial charge is 0.337 e. The minimum absolute atomic E-state index is 0.265. The third kappa shape index (κ3) is 2.30. The normalized spacial score (nSPS) is 15.5. The third-order valence-electron chi connectivity index (χ3n) is 3.66. The first-order chi connectivity index (χ1) is 10.5. The topological polar surface area (TPSA) is 76.3 Å². The molecule has 1 unspecified atom stereocenters. The van der Waals surface area contributed by atoms with E-state index >= 15 is 0 Å². The van der Waals surface area contributed by atoms with Crippen molar-refractivity contribution in [3.05, 3.63) is 47.1 Å². The summed E-state index contributed by atoms with van der Waals surface area (Å²) in [5.41, 5.74) is 0.856. The molecule has 1 atom stereocenters. The van der Waals surface area contributed by atoms with Gasteiger partial charge in [-0.15, -0.1) is 0 Å². The maximum atomic E-state index is 12.6. The standard InChI is InChI=1S/C16H17N3O3/c1-9(2)8-13(14-17-10(3)18-22-14)19-15(20)11-6-4-5-7-12(11)16(19)21/h4-7,9,13H,8H2,1-3H3. The Bertz CT molecular complexity index is 701. The second kappa shape index (κ2) is 5.36. The molecule has 0 N–H and O–H groups in total. The fourth-order valence-corrected chi connectivity index (χ4v) is 2.70. The summed E-state index contributed by atoms with van der Waals surface area (Å²) in [6, 6.07) is 6.31. The van der Waals surface area contributed by atoms with E-state index in [0.717, 1.165) is 0 Å². The molecule has 1 aliphatic heterocycles. The molecule has 0 spiro atoms. The molecule has 3 rings (SSSR count). The van der Waals surface area contributed by atoms with Crippen LogP contribution in [-0.2, 0) is 0 Å². The highest BCUT2D eigenvalue weighted by atomic mass is 16.5. The zero-order valence-electron chi connectivity index (χ0n) is 12.7. The molecular formula is C16H17N3O3. The molecule has 2 amide bonds. The number of aromatic nitrogens is 2. The number of imide groups is 1. The van der Waals surface area contributed by atoms with Crippen LogP contribution >= 0.6 is 0 Å². The Morgan fingerprint density at radius 3 is 2.18 bits per heavy atom. The van der Waals surface area contributed by atoms with Gasteiger partial charge in [0.25, 0.3) is 11.8 Å². The molecule has 0 radical (unpaired) electrons. The number of aryl methyl sites for hydroxylation is 1. The van der Waals surface area contributed by atoms with Crippen molar-refractivity contribution in [2.75, 3.05) is 0 Å². The van der Waals surface area contributed by atoms with Crippen molar-refractivity contribution in [3.8, 4) is 0 Å². The number of fused-ring (bicyclic) bond motifs is 1. The summed E-state index contributed by atoms with van der Waals surface area (Å²) in [5, 5.41) is 3.78. The lowest BCUT2D eigenvalue weighted by molar-refractivity contribution is 0.0529. The maximum Gasteiger partial charge on any atom is 0.262 e. The highest BCUT2D eigenvalue weighted by Gasteiger charge is 2.42. The van der Waals surface area contributed by atoms with Crippen molar-refractivity contribution >= 4 is 11.8 Å². The quantitative estimate of drug-likeness (QED) is 0.811. The number of amides is 2. The summed E-state index contributed by atoms with van der Waals surface area (Å²) < 4.78 is 5.23. The van der Waals surface area contributed by atoms with Crippen LogP contribution in [-0.4, -0.2) is 26.9 Å². The van der Waals surface area contributed by atoms with Gasteiger partial charge in [-0.25, -0.2) is 0 Å². The Hall–Kier alpha value is -2.50. The van der Waals surface area contributed by atoms with Gasteiger partial charge >= 0.3 is 0 Å². The molecule has 6 nitrogen and oxygen atoms in total. The molecule has 0 fully saturated rings. The zero-order valence-corrected chi connectivity index (χ0v) is 12.7. The van der Waals surface area contributed by atoms with E-state index in [2.05, 4.69) is 10.1 Å². The van der Waals surface area contributed by atoms with Gasteiger partial charge in [0.2, 0.25) is 5.89 Å². The highest BCUT2D eigenvalue weighted by Crippen LogP contribution is 2.34. The molecule has 22 heavy (non-hydrogen) atoms. The molecule has 0 saturated heterocycles. The van der Waals surface area contributed by atoms with E-state index in [4.69, 9.17) is 4.52 Å². The molecular weight excluding hydrogens is 282 g/mol. The molecule has 0 aliphatic carbocycles. The van der Waals surface area contributed by atoms with Crippen LogP contribution in [0, 0.1) is 12.8 Å². The van der Waals surface area contributed by atoms with Gasteiger partial charge in [-0.2, -0.15) is 4.98 Å². The number of carbonyl (C=O) groups excluding carboxylic acids is 2. The smallest absolute Gasteiger partial charge is 0.262 e. The van der Waals surface area contributed by atoms with Gasteiger partial charge in [0.1, 0.15) is 6.04 Å². The molecule has 2 aromatic rings. The lowest BCUT2D eigenvalue weighted by atomic mass is 10.0. The van der Waals surface area contributed by atoms with Crippen LogP contribution in [0.25, 0.3) is 0 Å². The minimum Gasteiger partial charge on any atom is -0.337 e. The summed E-state index contributed by atoms with van der Waals surface area (Å²) >= 11 is 0. The fraction of sp³-hybridized carbons (Fsp3) is 0.375. The second-order valence-electron chi connectivity index (χ2n) is 5.85. The number of benzene rings is 1. The molecule has 0 saturated carbocycles. The first-order valence-electron chi connectivity index (χ1n) is 7.26. The van der Waals surface area contributed by atoms with E-state index in [1.165, 1.54) is 4.90 Å². The Balaban J connectivity index is 2.02. The molecule has 1 aromatic carbocycles. The minimum atomic E-state index is -0.534. The number of hydrogen-bond acceptors (Lipinski definition) is 5. The van der Waals surface area contributed by atoms with Gasteiger partial charge in [0, 0.05) is 0 Å². The predicted molar refractivity (Wildman–Crippen MR) is 78.2 cm³/mol. The molecule has 1 aromatic heterocycles. The summed E-state index contributed by atoms with van der Waals surface area (Å²) in [7, 11) is 0. The van der Waals surface area contributed by atoms with Crippen molar-refractivity contribution in [1.29, 1.82) is 0 Å². The molecule has 6 heteroatoms. The average molecular weight is 299 g/mol. The van der Waals surface area contributed by atoms with Crippen LogP contribution in [0.1, 0.15) is 58.7 Å². The number of rotatable bonds is 4. The Kier molecular flexibility index (Phi) is 3.52. The number of hydrogen-bond donors (Lipinski definition) is 0. The van der Waals surface area contributed by atoms with Crippen molar-refractivity contribution in [3.63, 3.8) is 0 Å². The second-order valence-corrected chi connectivity index (χ2v) is 5.85. The van der Waals surface area contributed by atoms with Crippen LogP contribution < -0.4 is 0 Å². The predicted octanol–water partition coefficient (Wildman–Crippen LogP) is 2.76. The van der Waals surface area contributed by atoms with Crippen molar-refractivity contribution in [1.82, 2.24) is 15.0 Å². The number of nitrogens with zero attached hydrogens (tertiary/aromatic N) is 3. The summed E-state index contributed by atoms with van der Waals surface area (Å²) in [5.74, 6) is 0.451. The Labute approximate surface area is 128 Å².